The fourth-order valence-corrected chi connectivity index (χ4v) is 5.11. The molecular formula is C34H44B5N3O10. The predicted molar refractivity (Wildman–Crippen MR) is 201 cm³/mol. The number of ether oxygens (including phenoxy) is 1. The lowest BCUT2D eigenvalue weighted by Gasteiger charge is -2.28. The van der Waals surface area contributed by atoms with Crippen molar-refractivity contribution in [3.8, 4) is 5.75 Å². The molecule has 0 fully saturated rings. The molecule has 0 heterocycles. The summed E-state index contributed by atoms with van der Waals surface area (Å²) in [5.41, 5.74) is 0.327. The molecule has 0 aromatic heterocycles. The van der Waals surface area contributed by atoms with E-state index < -0.39 is 42.4 Å². The molecule has 18 heteroatoms. The number of amides is 3. The fraction of sp³-hybridized carbons (Fsp3) is 0.529. The molecule has 7 N–H and O–H groups in total. The molecule has 2 rings (SSSR count). The molecule has 0 saturated heterocycles. The van der Waals surface area contributed by atoms with Crippen LogP contribution in [0, 0.1) is 5.92 Å². The number of nitrogens with one attached hydrogen (secondary N) is 2. The Morgan fingerprint density at radius 3 is 1.90 bits per heavy atom. The first-order valence-electron chi connectivity index (χ1n) is 17.1. The van der Waals surface area contributed by atoms with E-state index in [0.29, 0.717) is 38.0 Å². The summed E-state index contributed by atoms with van der Waals surface area (Å²) in [6.45, 7) is 4.13. The summed E-state index contributed by atoms with van der Waals surface area (Å²) in [6, 6.07) is 5.71. The zero-order chi connectivity index (χ0) is 39.1. The molecule has 0 spiro atoms. The summed E-state index contributed by atoms with van der Waals surface area (Å²) in [5, 5.41) is 54.7. The van der Waals surface area contributed by atoms with Gasteiger partial charge < -0.3 is 45.8 Å². The molecule has 13 nitrogen and oxygen atoms in total. The number of rotatable bonds is 22. The highest BCUT2D eigenvalue weighted by molar-refractivity contribution is 6.68. The number of unbranched alkanes of at least 4 members (excludes halogenated alkanes) is 4. The summed E-state index contributed by atoms with van der Waals surface area (Å²) in [5.74, 6) is -3.66. The van der Waals surface area contributed by atoms with Crippen LogP contribution < -0.4 is 42.7 Å². The lowest BCUT2D eigenvalue weighted by atomic mass is 9.60. The number of benzene rings is 2. The molecular weight excluding hydrogens is 664 g/mol. The Labute approximate surface area is 311 Å². The largest absolute Gasteiger partial charge is 0.481 e. The van der Waals surface area contributed by atoms with Gasteiger partial charge in [-0.2, -0.15) is 0 Å². The zero-order valence-electron chi connectivity index (χ0n) is 29.6. The third-order valence-electron chi connectivity index (χ3n) is 8.56. The number of carboxylic acids is 1. The van der Waals surface area contributed by atoms with Crippen molar-refractivity contribution >= 4 is 95.9 Å². The van der Waals surface area contributed by atoms with Gasteiger partial charge in [0.05, 0.1) is 12.0 Å². The number of aliphatic hydroxyl groups excluding tert-OH is 4. The smallest absolute Gasteiger partial charge is 0.308 e. The highest BCUT2D eigenvalue weighted by Crippen LogP contribution is 2.20. The predicted octanol–water partition coefficient (Wildman–Crippen LogP) is -3.51. The Morgan fingerprint density at radius 1 is 0.750 bits per heavy atom. The minimum absolute atomic E-state index is 0.00295. The van der Waals surface area contributed by atoms with Gasteiger partial charge >= 0.3 is 5.97 Å². The minimum atomic E-state index is -2.02. The average molecular weight is 709 g/mol. The molecule has 0 aliphatic heterocycles. The van der Waals surface area contributed by atoms with Gasteiger partial charge in [0.1, 0.15) is 57.2 Å². The van der Waals surface area contributed by atoms with Crippen molar-refractivity contribution in [2.45, 2.75) is 89.8 Å². The van der Waals surface area contributed by atoms with Gasteiger partial charge in [-0.3, -0.25) is 19.2 Å². The standard InChI is InChI=1S/C34H44B5N3O10/c1-3-4-9-22(44)42(16-8-6-5-7-15-40-32(48)23-24(35)26(37)28(39)27(38)25(23)36)17-14-21(43)41-19-10-12-20(13-11-19)52-34(51)31(47)30(46)29(45)18(2)33(49)50/h10-13,18,29-31,34,45-47,51H,3-9,14-17H2,1-2H3,(H,40,48)(H,41,43)(H,49,50). The number of anilines is 1. The maximum absolute atomic E-state index is 12.9. The summed E-state index contributed by atoms with van der Waals surface area (Å²) < 4.78 is 5.19. The first kappa shape index (κ1) is 44.4. The van der Waals surface area contributed by atoms with Crippen LogP contribution in [0.5, 0.6) is 5.75 Å². The monoisotopic (exact) mass is 709 g/mol. The van der Waals surface area contributed by atoms with Gasteiger partial charge in [-0.1, -0.05) is 37.1 Å². The first-order valence-corrected chi connectivity index (χ1v) is 17.1. The van der Waals surface area contributed by atoms with Gasteiger partial charge in [-0.05, 0) is 50.5 Å². The molecule has 0 saturated carbocycles. The van der Waals surface area contributed by atoms with Crippen molar-refractivity contribution in [2.24, 2.45) is 5.92 Å². The SMILES string of the molecule is [B]c1c([B])c([B])c(C(=O)NCCCCCCN(CCC(=O)Nc2ccc(OC(O)C(O)C(O)C(O)C(C)C(=O)O)cc2)C(=O)CCCC)c([B])c1[B]. The van der Waals surface area contributed by atoms with Crippen molar-refractivity contribution in [3.63, 3.8) is 0 Å². The number of hydrogen-bond donors (Lipinski definition) is 7. The molecule has 5 atom stereocenters. The second-order valence-electron chi connectivity index (χ2n) is 12.5. The van der Waals surface area contributed by atoms with Crippen LogP contribution in [0.3, 0.4) is 0 Å². The van der Waals surface area contributed by atoms with Crippen molar-refractivity contribution < 1.29 is 49.4 Å². The second kappa shape index (κ2) is 21.7. The highest BCUT2D eigenvalue weighted by Gasteiger charge is 2.37. The maximum atomic E-state index is 12.9. The number of carboxylic acid groups (broad SMARTS) is 1. The van der Waals surface area contributed by atoms with Crippen molar-refractivity contribution in [1.29, 1.82) is 0 Å². The molecule has 270 valence electrons. The number of nitrogens with zero attached hydrogens (tertiary/aromatic N) is 1. The second-order valence-corrected chi connectivity index (χ2v) is 12.5. The lowest BCUT2D eigenvalue weighted by Crippen LogP contribution is -2.58. The van der Waals surface area contributed by atoms with Crippen LogP contribution in [-0.2, 0) is 14.4 Å². The van der Waals surface area contributed by atoms with E-state index in [2.05, 4.69) is 10.6 Å². The molecule has 2 aromatic rings. The van der Waals surface area contributed by atoms with Gasteiger partial charge in [0.2, 0.25) is 24.0 Å². The normalized spacial score (nSPS) is 14.0. The number of carbonyl (C=O) groups is 4. The van der Waals surface area contributed by atoms with E-state index in [1.807, 2.05) is 6.92 Å². The van der Waals surface area contributed by atoms with Crippen LogP contribution in [0.15, 0.2) is 24.3 Å². The van der Waals surface area contributed by atoms with E-state index in [1.165, 1.54) is 24.3 Å². The molecule has 52 heavy (non-hydrogen) atoms. The van der Waals surface area contributed by atoms with E-state index in [-0.39, 0.29) is 63.4 Å². The van der Waals surface area contributed by atoms with Crippen molar-refractivity contribution in [3.05, 3.63) is 29.8 Å². The quantitative estimate of drug-likeness (QED) is 0.0365. The van der Waals surface area contributed by atoms with Gasteiger partial charge in [0, 0.05) is 43.7 Å². The van der Waals surface area contributed by atoms with Crippen molar-refractivity contribution in [2.75, 3.05) is 25.0 Å². The summed E-state index contributed by atoms with van der Waals surface area (Å²) in [7, 11) is 29.3. The average Bonchev–Trinajstić information content (AvgIpc) is 3.12. The number of aliphatic hydroxyl groups is 4. The summed E-state index contributed by atoms with van der Waals surface area (Å²) in [6.07, 6.45) is -3.03. The molecule has 0 aliphatic rings. The van der Waals surface area contributed by atoms with Crippen molar-refractivity contribution in [1.82, 2.24) is 10.2 Å². The molecule has 10 radical (unpaired) electrons. The third kappa shape index (κ3) is 13.0. The zero-order valence-corrected chi connectivity index (χ0v) is 29.6. The number of carbonyl (C=O) groups excluding carboxylic acids is 3. The Balaban J connectivity index is 1.82. The molecule has 5 unspecified atom stereocenters. The van der Waals surface area contributed by atoms with Crippen LogP contribution in [-0.4, -0.2) is 138 Å². The molecule has 0 aliphatic carbocycles. The van der Waals surface area contributed by atoms with E-state index in [4.69, 9.17) is 49.1 Å². The van der Waals surface area contributed by atoms with Crippen LogP contribution >= 0.6 is 0 Å². The van der Waals surface area contributed by atoms with Crippen LogP contribution in [0.2, 0.25) is 0 Å². The van der Waals surface area contributed by atoms with E-state index in [9.17, 15) is 39.6 Å². The fourth-order valence-electron chi connectivity index (χ4n) is 5.11. The minimum Gasteiger partial charge on any atom is -0.481 e. The Bertz CT molecular complexity index is 1490. The third-order valence-corrected chi connectivity index (χ3v) is 8.56. The van der Waals surface area contributed by atoms with Gasteiger partial charge in [0.25, 0.3) is 0 Å². The summed E-state index contributed by atoms with van der Waals surface area (Å²) >= 11 is 0. The Kier molecular flexibility index (Phi) is 18.6. The van der Waals surface area contributed by atoms with Crippen LogP contribution in [0.25, 0.3) is 0 Å². The van der Waals surface area contributed by atoms with E-state index in [0.717, 1.165) is 32.6 Å². The van der Waals surface area contributed by atoms with Gasteiger partial charge in [-0.15, -0.1) is 16.4 Å². The maximum Gasteiger partial charge on any atom is 0.308 e. The first-order chi connectivity index (χ1) is 24.5. The topological polar surface area (TPSA) is 206 Å². The number of hydrogen-bond acceptors (Lipinski definition) is 9. The lowest BCUT2D eigenvalue weighted by molar-refractivity contribution is -0.177. The summed E-state index contributed by atoms with van der Waals surface area (Å²) in [4.78, 5) is 51.0. The number of aliphatic carboxylic acids is 1. The van der Waals surface area contributed by atoms with Crippen LogP contribution in [0.4, 0.5) is 5.69 Å². The molecule has 2 aromatic carbocycles. The highest BCUT2D eigenvalue weighted by atomic mass is 16.6. The molecule has 0 bridgehead atoms. The van der Waals surface area contributed by atoms with E-state index in [1.54, 1.807) is 4.90 Å². The van der Waals surface area contributed by atoms with E-state index >= 15 is 0 Å². The Hall–Kier alpha value is -3.72. The molecule has 3 amide bonds. The van der Waals surface area contributed by atoms with Gasteiger partial charge in [0.15, 0.2) is 0 Å². The van der Waals surface area contributed by atoms with Gasteiger partial charge in [-0.25, -0.2) is 0 Å². The Morgan fingerprint density at radius 2 is 1.33 bits per heavy atom. The van der Waals surface area contributed by atoms with Crippen LogP contribution in [0.1, 0.15) is 75.6 Å².